The SMILES string of the molecule is C=Cc1cccc(N(c2ccc(-c3ccccc3)cc2)c2ccc3c(c2)C(C)(C)c2cc4c5cc(-c6ccc7c(c6)c6cc8c(cc6n7-c6ccccc6)-c6ccc(N(c7ccc(-c9ccccc9)cc7)c7cccc(C=C)c7)cc6C8(C)C)ccc5n(-c5ccccc5)c4cc2-3)c1. The van der Waals surface area contributed by atoms with Crippen LogP contribution in [0.3, 0.4) is 0 Å². The summed E-state index contributed by atoms with van der Waals surface area (Å²) in [4.78, 5) is 4.78. The Morgan fingerprint density at radius 2 is 0.582 bits per heavy atom. The summed E-state index contributed by atoms with van der Waals surface area (Å²) in [5.74, 6) is 0. The molecular formula is C94H70N4. The van der Waals surface area contributed by atoms with Crippen molar-refractivity contribution >= 4 is 89.9 Å². The van der Waals surface area contributed by atoms with Gasteiger partial charge in [0.25, 0.3) is 0 Å². The third-order valence-corrected chi connectivity index (χ3v) is 21.2. The third kappa shape index (κ3) is 9.35. The monoisotopic (exact) mass is 1250 g/mol. The molecule has 2 heterocycles. The van der Waals surface area contributed by atoms with Crippen LogP contribution in [-0.4, -0.2) is 9.13 Å². The molecule has 0 unspecified atom stereocenters. The fraction of sp³-hybridized carbons (Fsp3) is 0.0638. The van der Waals surface area contributed by atoms with Gasteiger partial charge < -0.3 is 18.9 Å². The molecule has 0 saturated heterocycles. The Hall–Kier alpha value is -12.2. The van der Waals surface area contributed by atoms with E-state index in [2.05, 4.69) is 375 Å². The maximum Gasteiger partial charge on any atom is 0.0547 e. The Kier molecular flexibility index (Phi) is 13.5. The Morgan fingerprint density at radius 1 is 0.255 bits per heavy atom. The molecule has 0 bridgehead atoms. The molecule has 0 N–H and O–H groups in total. The number of nitrogens with zero attached hydrogens (tertiary/aromatic N) is 4. The zero-order chi connectivity index (χ0) is 66.0. The van der Waals surface area contributed by atoms with Gasteiger partial charge in [-0.05, 0) is 235 Å². The molecule has 16 aromatic rings. The fourth-order valence-electron chi connectivity index (χ4n) is 16.2. The second-order valence-corrected chi connectivity index (χ2v) is 27.4. The van der Waals surface area contributed by atoms with Gasteiger partial charge in [0.05, 0.1) is 22.1 Å². The molecular weight excluding hydrogens is 1190 g/mol. The number of hydrogen-bond donors (Lipinski definition) is 0. The van der Waals surface area contributed by atoms with Crippen molar-refractivity contribution in [3.63, 3.8) is 0 Å². The number of aromatic nitrogens is 2. The Labute approximate surface area is 572 Å². The van der Waals surface area contributed by atoms with Crippen LogP contribution in [-0.2, 0) is 10.8 Å². The maximum atomic E-state index is 4.15. The van der Waals surface area contributed by atoms with Crippen molar-refractivity contribution in [1.29, 1.82) is 0 Å². The summed E-state index contributed by atoms with van der Waals surface area (Å²) in [6.07, 6.45) is 3.86. The van der Waals surface area contributed by atoms with Crippen molar-refractivity contribution in [1.82, 2.24) is 9.13 Å². The van der Waals surface area contributed by atoms with Crippen LogP contribution >= 0.6 is 0 Å². The summed E-state index contributed by atoms with van der Waals surface area (Å²) in [7, 11) is 0. The molecule has 0 atom stereocenters. The minimum Gasteiger partial charge on any atom is -0.310 e. The van der Waals surface area contributed by atoms with Crippen molar-refractivity contribution < 1.29 is 0 Å². The Morgan fingerprint density at radius 3 is 0.969 bits per heavy atom. The summed E-state index contributed by atoms with van der Waals surface area (Å²) in [5.41, 5.74) is 32.6. The molecule has 0 radical (unpaired) electrons. The number of anilines is 6. The topological polar surface area (TPSA) is 16.3 Å². The number of fused-ring (bicyclic) bond motifs is 12. The van der Waals surface area contributed by atoms with Crippen molar-refractivity contribution in [3.05, 3.63) is 362 Å². The van der Waals surface area contributed by atoms with Crippen molar-refractivity contribution in [2.24, 2.45) is 0 Å². The fourth-order valence-corrected chi connectivity index (χ4v) is 16.2. The molecule has 4 nitrogen and oxygen atoms in total. The molecule has 466 valence electrons. The van der Waals surface area contributed by atoms with Crippen molar-refractivity contribution in [2.45, 2.75) is 38.5 Å². The van der Waals surface area contributed by atoms with Crippen LogP contribution in [0.1, 0.15) is 61.1 Å². The highest BCUT2D eigenvalue weighted by atomic mass is 15.1. The average molecular weight is 1260 g/mol. The second-order valence-electron chi connectivity index (χ2n) is 27.4. The van der Waals surface area contributed by atoms with Gasteiger partial charge in [-0.3, -0.25) is 0 Å². The largest absolute Gasteiger partial charge is 0.310 e. The zero-order valence-electron chi connectivity index (χ0n) is 55.4. The zero-order valence-corrected chi connectivity index (χ0v) is 55.4. The van der Waals surface area contributed by atoms with E-state index in [0.717, 1.165) is 56.6 Å². The molecule has 4 heteroatoms. The highest BCUT2D eigenvalue weighted by Crippen LogP contribution is 2.56. The Balaban J connectivity index is 0.752. The van der Waals surface area contributed by atoms with E-state index >= 15 is 0 Å². The molecule has 2 aliphatic rings. The Bertz CT molecular complexity index is 5510. The first kappa shape index (κ1) is 58.3. The minimum absolute atomic E-state index is 0.315. The van der Waals surface area contributed by atoms with Gasteiger partial charge in [-0.25, -0.2) is 0 Å². The van der Waals surface area contributed by atoms with Gasteiger partial charge in [0, 0.05) is 77.9 Å². The first-order chi connectivity index (χ1) is 48.0. The standard InChI is InChI=1S/C94H70N4/c1-7-61-23-21-33-73(51-61)95(71-41-35-65(36-42-71)63-25-13-9-14-26-63)75-45-47-77-79-59-91-83(57-87(79)93(3,4)85(77)55-75)81-53-67(39-49-89(81)97(91)69-29-17-11-18-30-69)68-40-50-90-82(54-68)84-58-88-80(60-92(84)98(90)70-31-19-12-20-32-70)78-48-46-76(56-86(78)94(88,5)6)96(74-34-22-24-62(8-2)52-74)72-43-37-66(38-44-72)64-27-15-10-16-28-64/h7-60H,1-2H2,3-6H3. The molecule has 0 saturated carbocycles. The number of rotatable bonds is 13. The first-order valence-electron chi connectivity index (χ1n) is 34.0. The molecule has 0 aliphatic heterocycles. The van der Waals surface area contributed by atoms with Gasteiger partial charge in [-0.15, -0.1) is 0 Å². The summed E-state index contributed by atoms with van der Waals surface area (Å²) >= 11 is 0. The number of para-hydroxylation sites is 2. The lowest BCUT2D eigenvalue weighted by Gasteiger charge is -2.28. The summed E-state index contributed by atoms with van der Waals surface area (Å²) < 4.78 is 4.95. The van der Waals surface area contributed by atoms with Gasteiger partial charge in [-0.2, -0.15) is 0 Å². The van der Waals surface area contributed by atoms with E-state index in [1.807, 2.05) is 12.2 Å². The highest BCUT2D eigenvalue weighted by Gasteiger charge is 2.39. The molecule has 14 aromatic carbocycles. The normalized spacial score (nSPS) is 13.1. The molecule has 0 fully saturated rings. The van der Waals surface area contributed by atoms with E-state index < -0.39 is 0 Å². The minimum atomic E-state index is -0.315. The predicted molar refractivity (Wildman–Crippen MR) is 416 cm³/mol. The van der Waals surface area contributed by atoms with Crippen LogP contribution in [0.2, 0.25) is 0 Å². The quantitative estimate of drug-likeness (QED) is 0.114. The lowest BCUT2D eigenvalue weighted by Crippen LogP contribution is -2.16. The van der Waals surface area contributed by atoms with Crippen LogP contribution in [0.4, 0.5) is 34.1 Å². The van der Waals surface area contributed by atoms with Gasteiger partial charge in [0.2, 0.25) is 0 Å². The molecule has 2 aromatic heterocycles. The van der Waals surface area contributed by atoms with E-state index in [0.29, 0.717) is 0 Å². The molecule has 0 spiro atoms. The van der Waals surface area contributed by atoms with E-state index in [1.54, 1.807) is 0 Å². The summed E-state index contributed by atoms with van der Waals surface area (Å²) in [6.45, 7) is 17.9. The molecule has 98 heavy (non-hydrogen) atoms. The first-order valence-corrected chi connectivity index (χ1v) is 34.0. The number of benzene rings is 14. The molecule has 0 amide bonds. The smallest absolute Gasteiger partial charge is 0.0547 e. The van der Waals surface area contributed by atoms with Crippen LogP contribution < -0.4 is 9.80 Å². The summed E-state index contributed by atoms with van der Waals surface area (Å²) in [6, 6.07) is 117. The maximum absolute atomic E-state index is 4.15. The summed E-state index contributed by atoms with van der Waals surface area (Å²) in [5, 5.41) is 4.93. The second kappa shape index (κ2) is 22.7. The van der Waals surface area contributed by atoms with Crippen LogP contribution in [0.15, 0.2) is 329 Å². The highest BCUT2D eigenvalue weighted by molar-refractivity contribution is 6.15. The van der Waals surface area contributed by atoms with E-state index in [4.69, 9.17) is 0 Å². The lowest BCUT2D eigenvalue weighted by molar-refractivity contribution is 0.661. The lowest BCUT2D eigenvalue weighted by atomic mass is 9.81. The van der Waals surface area contributed by atoms with E-state index in [1.165, 1.54) is 122 Å². The van der Waals surface area contributed by atoms with E-state index in [9.17, 15) is 0 Å². The predicted octanol–water partition coefficient (Wildman–Crippen LogP) is 25.7. The average Bonchev–Trinajstić information content (AvgIpc) is 1.55. The van der Waals surface area contributed by atoms with Gasteiger partial charge in [0.1, 0.15) is 0 Å². The van der Waals surface area contributed by atoms with Crippen LogP contribution in [0.25, 0.3) is 123 Å². The van der Waals surface area contributed by atoms with Gasteiger partial charge in [0.15, 0.2) is 0 Å². The van der Waals surface area contributed by atoms with Gasteiger partial charge in [-0.1, -0.05) is 223 Å². The van der Waals surface area contributed by atoms with Crippen molar-refractivity contribution in [2.75, 3.05) is 9.80 Å². The third-order valence-electron chi connectivity index (χ3n) is 21.2. The van der Waals surface area contributed by atoms with Crippen LogP contribution in [0.5, 0.6) is 0 Å². The molecule has 18 rings (SSSR count). The number of hydrogen-bond acceptors (Lipinski definition) is 2. The van der Waals surface area contributed by atoms with Crippen LogP contribution in [0, 0.1) is 0 Å². The van der Waals surface area contributed by atoms with E-state index in [-0.39, 0.29) is 10.8 Å². The molecule has 2 aliphatic carbocycles. The van der Waals surface area contributed by atoms with Crippen molar-refractivity contribution in [3.8, 4) is 67.0 Å². The van der Waals surface area contributed by atoms with Gasteiger partial charge >= 0.3 is 0 Å².